The summed E-state index contributed by atoms with van der Waals surface area (Å²) in [6.07, 6.45) is 12.6. The largest absolute Gasteiger partial charge is 1.00 e. The minimum Gasteiger partial charge on any atom is -1.00 e. The van der Waals surface area contributed by atoms with Crippen molar-refractivity contribution in [3.63, 3.8) is 0 Å². The zero-order valence-electron chi connectivity index (χ0n) is 19.4. The molecular weight excluding hydrogens is 390 g/mol. The maximum atomic E-state index is 11.4. The van der Waals surface area contributed by atoms with Gasteiger partial charge in [-0.25, -0.2) is 4.79 Å². The first-order valence-corrected chi connectivity index (χ1v) is 11.2. The molecule has 5 nitrogen and oxygen atoms in total. The van der Waals surface area contributed by atoms with E-state index in [2.05, 4.69) is 13.5 Å². The predicted octanol–water partition coefficient (Wildman–Crippen LogP) is 1.48. The molecule has 0 amide bonds. The van der Waals surface area contributed by atoms with Gasteiger partial charge in [-0.15, -0.1) is 0 Å². The lowest BCUT2D eigenvalue weighted by molar-refractivity contribution is -0.893. The Balaban J connectivity index is 0. The van der Waals surface area contributed by atoms with Gasteiger partial charge >= 0.3 is 5.97 Å². The van der Waals surface area contributed by atoms with Crippen molar-refractivity contribution in [2.75, 3.05) is 47.0 Å². The Labute approximate surface area is 185 Å². The van der Waals surface area contributed by atoms with Crippen molar-refractivity contribution in [3.05, 3.63) is 12.2 Å². The van der Waals surface area contributed by atoms with E-state index >= 15 is 0 Å². The van der Waals surface area contributed by atoms with E-state index in [-0.39, 0.29) is 18.4 Å². The maximum absolute atomic E-state index is 11.4. The van der Waals surface area contributed by atoms with E-state index in [0.717, 1.165) is 13.0 Å². The molecule has 0 spiro atoms. The zero-order chi connectivity index (χ0) is 21.3. The third-order valence-corrected chi connectivity index (χ3v) is 4.94. The number of rotatable bonds is 19. The fourth-order valence-electron chi connectivity index (χ4n) is 3.13. The number of nitrogens with zero attached hydrogens (tertiary/aromatic N) is 1. The Morgan fingerprint density at radius 3 is 2.00 bits per heavy atom. The number of hydrogen-bond donors (Lipinski definition) is 1. The van der Waals surface area contributed by atoms with Gasteiger partial charge in [0.2, 0.25) is 0 Å². The highest BCUT2D eigenvalue weighted by Gasteiger charge is 2.21. The van der Waals surface area contributed by atoms with Gasteiger partial charge < -0.3 is 31.5 Å². The molecule has 0 aliphatic rings. The number of halogens is 1. The first kappa shape index (κ1) is 30.6. The van der Waals surface area contributed by atoms with Crippen molar-refractivity contribution in [2.45, 2.75) is 84.2 Å². The minimum absolute atomic E-state index is 0. The van der Waals surface area contributed by atoms with E-state index in [0.29, 0.717) is 36.4 Å². The summed E-state index contributed by atoms with van der Waals surface area (Å²) in [5.74, 6) is -0.361. The molecule has 0 aliphatic heterocycles. The fourth-order valence-corrected chi connectivity index (χ4v) is 3.13. The molecule has 0 aromatic rings. The van der Waals surface area contributed by atoms with E-state index in [4.69, 9.17) is 9.47 Å². The molecule has 29 heavy (non-hydrogen) atoms. The lowest BCUT2D eigenvalue weighted by atomic mass is 10.1. The third kappa shape index (κ3) is 20.4. The van der Waals surface area contributed by atoms with Crippen molar-refractivity contribution in [1.29, 1.82) is 0 Å². The Kier molecular flexibility index (Phi) is 20.4. The quantitative estimate of drug-likeness (QED) is 0.144. The highest BCUT2D eigenvalue weighted by atomic mass is 35.5. The molecule has 174 valence electrons. The number of unbranched alkanes of at least 4 members (excludes halogenated alkanes) is 9. The van der Waals surface area contributed by atoms with E-state index in [1.54, 1.807) is 6.92 Å². The molecule has 0 saturated carbocycles. The molecule has 1 unspecified atom stereocenters. The van der Waals surface area contributed by atoms with Crippen LogP contribution in [0.4, 0.5) is 0 Å². The summed E-state index contributed by atoms with van der Waals surface area (Å²) in [5.41, 5.74) is 0.408. The normalized spacial score (nSPS) is 12.3. The van der Waals surface area contributed by atoms with Gasteiger partial charge in [-0.05, 0) is 13.3 Å². The van der Waals surface area contributed by atoms with Crippen LogP contribution in [0.5, 0.6) is 0 Å². The molecule has 1 atom stereocenters. The van der Waals surface area contributed by atoms with Crippen LogP contribution < -0.4 is 12.4 Å². The summed E-state index contributed by atoms with van der Waals surface area (Å²) in [5, 5.41) is 10.2. The Morgan fingerprint density at radius 2 is 1.48 bits per heavy atom. The van der Waals surface area contributed by atoms with Gasteiger partial charge in [0.1, 0.15) is 25.8 Å². The second kappa shape index (κ2) is 19.3. The highest BCUT2D eigenvalue weighted by Crippen LogP contribution is 2.10. The maximum Gasteiger partial charge on any atom is 0.333 e. The van der Waals surface area contributed by atoms with Crippen LogP contribution in [0.3, 0.4) is 0 Å². The van der Waals surface area contributed by atoms with Crippen LogP contribution in [-0.2, 0) is 14.3 Å². The van der Waals surface area contributed by atoms with Gasteiger partial charge in [-0.2, -0.15) is 0 Å². The first-order valence-electron chi connectivity index (χ1n) is 11.2. The van der Waals surface area contributed by atoms with E-state index < -0.39 is 6.10 Å². The lowest BCUT2D eigenvalue weighted by Crippen LogP contribution is -3.00. The van der Waals surface area contributed by atoms with Gasteiger partial charge in [-0.1, -0.05) is 71.3 Å². The summed E-state index contributed by atoms with van der Waals surface area (Å²) < 4.78 is 11.3. The van der Waals surface area contributed by atoms with Crippen LogP contribution in [0.25, 0.3) is 0 Å². The molecule has 0 aromatic heterocycles. The molecule has 0 aliphatic carbocycles. The van der Waals surface area contributed by atoms with E-state index in [1.807, 2.05) is 14.1 Å². The van der Waals surface area contributed by atoms with Crippen LogP contribution in [0.1, 0.15) is 78.1 Å². The number of hydrogen-bond acceptors (Lipinski definition) is 4. The number of ether oxygens (including phenoxy) is 2. The molecular formula is C23H46ClNO4. The molecule has 0 saturated heterocycles. The van der Waals surface area contributed by atoms with Gasteiger partial charge in [-0.3, -0.25) is 0 Å². The number of aliphatic hydroxyl groups is 1. The first-order chi connectivity index (χ1) is 13.3. The molecule has 0 radical (unpaired) electrons. The van der Waals surface area contributed by atoms with Gasteiger partial charge in [0.05, 0.1) is 20.7 Å². The molecule has 0 fully saturated rings. The molecule has 0 bridgehead atoms. The average molecular weight is 436 g/mol. The smallest absolute Gasteiger partial charge is 0.333 e. The third-order valence-electron chi connectivity index (χ3n) is 4.94. The van der Waals surface area contributed by atoms with Crippen LogP contribution >= 0.6 is 0 Å². The summed E-state index contributed by atoms with van der Waals surface area (Å²) in [6, 6.07) is 0. The molecule has 1 N–H and O–H groups in total. The average Bonchev–Trinajstić information content (AvgIpc) is 2.61. The van der Waals surface area contributed by atoms with Crippen molar-refractivity contribution in [1.82, 2.24) is 0 Å². The number of quaternary nitrogens is 1. The SMILES string of the molecule is C=C(C)C(=O)OCC[N+](C)(C)CC(O)COCCCCCCCCCCCC.[Cl-]. The number of aliphatic hydroxyl groups excluding tert-OH is 1. The summed E-state index contributed by atoms with van der Waals surface area (Å²) in [7, 11) is 4.03. The molecule has 0 rings (SSSR count). The van der Waals surface area contributed by atoms with E-state index in [1.165, 1.54) is 57.8 Å². The fraction of sp³-hybridized carbons (Fsp3) is 0.870. The molecule has 0 heterocycles. The van der Waals surface area contributed by atoms with Gasteiger partial charge in [0.25, 0.3) is 0 Å². The standard InChI is InChI=1S/C23H46NO4.ClH/c1-6-7-8-9-10-11-12-13-14-15-17-27-20-22(25)19-24(4,5)16-18-28-23(26)21(2)3;/h22,25H,2,6-20H2,1,3-5H3;1H/q+1;/p-1. The number of esters is 1. The van der Waals surface area contributed by atoms with Crippen LogP contribution in [0.2, 0.25) is 0 Å². The number of likely N-dealkylation sites (N-methyl/N-ethyl adjacent to an activating group) is 1. The van der Waals surface area contributed by atoms with E-state index in [9.17, 15) is 9.90 Å². The highest BCUT2D eigenvalue weighted by molar-refractivity contribution is 5.86. The molecule has 6 heteroatoms. The van der Waals surface area contributed by atoms with Crippen LogP contribution in [-0.4, -0.2) is 68.7 Å². The van der Waals surface area contributed by atoms with Crippen LogP contribution in [0, 0.1) is 0 Å². The van der Waals surface area contributed by atoms with Crippen molar-refractivity contribution in [2.24, 2.45) is 0 Å². The number of carbonyl (C=O) groups is 1. The summed E-state index contributed by atoms with van der Waals surface area (Å²) in [4.78, 5) is 11.4. The van der Waals surface area contributed by atoms with Gasteiger partial charge in [0, 0.05) is 12.2 Å². The Morgan fingerprint density at radius 1 is 0.966 bits per heavy atom. The van der Waals surface area contributed by atoms with Crippen LogP contribution in [0.15, 0.2) is 12.2 Å². The topological polar surface area (TPSA) is 55.8 Å². The lowest BCUT2D eigenvalue weighted by Gasteiger charge is -2.31. The van der Waals surface area contributed by atoms with Crippen molar-refractivity contribution >= 4 is 5.97 Å². The van der Waals surface area contributed by atoms with Gasteiger partial charge in [0.15, 0.2) is 0 Å². The predicted molar refractivity (Wildman–Crippen MR) is 116 cm³/mol. The second-order valence-electron chi connectivity index (χ2n) is 8.67. The zero-order valence-corrected chi connectivity index (χ0v) is 20.1. The monoisotopic (exact) mass is 435 g/mol. The minimum atomic E-state index is -0.505. The van der Waals surface area contributed by atoms with Crippen molar-refractivity contribution in [3.8, 4) is 0 Å². The Bertz CT molecular complexity index is 416. The summed E-state index contributed by atoms with van der Waals surface area (Å²) in [6.45, 7) is 10.1. The number of carbonyl (C=O) groups excluding carboxylic acids is 1. The Hall–Kier alpha value is -0.620. The second-order valence-corrected chi connectivity index (χ2v) is 8.67. The van der Waals surface area contributed by atoms with Crippen molar-refractivity contribution < 1.29 is 36.3 Å². The molecule has 0 aromatic carbocycles. The summed E-state index contributed by atoms with van der Waals surface area (Å²) >= 11 is 0.